The van der Waals surface area contributed by atoms with Gasteiger partial charge in [0.25, 0.3) is 0 Å². The molecule has 4 heteroatoms. The molecule has 1 aliphatic rings. The van der Waals surface area contributed by atoms with Crippen LogP contribution in [-0.2, 0) is 4.79 Å². The maximum atomic E-state index is 12.1. The Hall–Kier alpha value is -0.610. The number of hydrogen-bond donors (Lipinski definition) is 1. The van der Waals surface area contributed by atoms with Crippen molar-refractivity contribution in [1.29, 1.82) is 0 Å². The van der Waals surface area contributed by atoms with Crippen LogP contribution in [0.4, 0.5) is 0 Å². The van der Waals surface area contributed by atoms with Crippen LogP contribution in [0.1, 0.15) is 39.5 Å². The maximum Gasteiger partial charge on any atom is 0.224 e. The summed E-state index contributed by atoms with van der Waals surface area (Å²) < 4.78 is 0. The zero-order chi connectivity index (χ0) is 12.8. The Kier molecular flexibility index (Phi) is 5.92. The van der Waals surface area contributed by atoms with Crippen LogP contribution in [0, 0.1) is 0 Å². The quantitative estimate of drug-likeness (QED) is 0.725. The van der Waals surface area contributed by atoms with Gasteiger partial charge in [-0.1, -0.05) is 6.42 Å². The van der Waals surface area contributed by atoms with Gasteiger partial charge in [-0.3, -0.25) is 9.69 Å². The molecule has 0 bridgehead atoms. The van der Waals surface area contributed by atoms with E-state index < -0.39 is 0 Å². The fraction of sp³-hybridized carbons (Fsp3) is 0.923. The SMILES string of the molecule is CCN(CC)C(=O)CC(CN)N(C)C1CCC1. The highest BCUT2D eigenvalue weighted by atomic mass is 16.2. The second-order valence-electron chi connectivity index (χ2n) is 4.91. The molecular weight excluding hydrogens is 214 g/mol. The molecule has 1 rings (SSSR count). The Bertz CT molecular complexity index is 237. The molecule has 0 heterocycles. The van der Waals surface area contributed by atoms with Gasteiger partial charge < -0.3 is 10.6 Å². The number of hydrogen-bond acceptors (Lipinski definition) is 3. The molecule has 0 saturated heterocycles. The van der Waals surface area contributed by atoms with Crippen molar-refractivity contribution in [3.05, 3.63) is 0 Å². The zero-order valence-corrected chi connectivity index (χ0v) is 11.5. The Morgan fingerprint density at radius 1 is 1.35 bits per heavy atom. The largest absolute Gasteiger partial charge is 0.343 e. The summed E-state index contributed by atoms with van der Waals surface area (Å²) in [7, 11) is 2.11. The smallest absolute Gasteiger partial charge is 0.224 e. The van der Waals surface area contributed by atoms with Crippen molar-refractivity contribution in [1.82, 2.24) is 9.80 Å². The highest BCUT2D eigenvalue weighted by molar-refractivity contribution is 5.76. The summed E-state index contributed by atoms with van der Waals surface area (Å²) in [6.07, 6.45) is 4.39. The van der Waals surface area contributed by atoms with E-state index in [1.165, 1.54) is 19.3 Å². The first-order valence-electron chi connectivity index (χ1n) is 6.83. The Labute approximate surface area is 105 Å². The summed E-state index contributed by atoms with van der Waals surface area (Å²) in [6, 6.07) is 0.849. The zero-order valence-electron chi connectivity index (χ0n) is 11.5. The van der Waals surface area contributed by atoms with Crippen LogP contribution in [0.25, 0.3) is 0 Å². The number of nitrogens with two attached hydrogens (primary N) is 1. The van der Waals surface area contributed by atoms with E-state index in [-0.39, 0.29) is 11.9 Å². The summed E-state index contributed by atoms with van der Waals surface area (Å²) in [5.74, 6) is 0.233. The fourth-order valence-electron chi connectivity index (χ4n) is 2.39. The molecule has 2 N–H and O–H groups in total. The average molecular weight is 241 g/mol. The van der Waals surface area contributed by atoms with Crippen LogP contribution in [0.2, 0.25) is 0 Å². The lowest BCUT2D eigenvalue weighted by Crippen LogP contribution is -2.49. The molecular formula is C13H27N3O. The van der Waals surface area contributed by atoms with Crippen LogP contribution < -0.4 is 5.73 Å². The Morgan fingerprint density at radius 2 is 1.94 bits per heavy atom. The summed E-state index contributed by atoms with van der Waals surface area (Å²) >= 11 is 0. The highest BCUT2D eigenvalue weighted by Gasteiger charge is 2.28. The van der Waals surface area contributed by atoms with E-state index in [1.807, 2.05) is 18.7 Å². The minimum absolute atomic E-state index is 0.202. The van der Waals surface area contributed by atoms with Crippen molar-refractivity contribution in [2.24, 2.45) is 5.73 Å². The minimum Gasteiger partial charge on any atom is -0.343 e. The van der Waals surface area contributed by atoms with Gasteiger partial charge in [-0.25, -0.2) is 0 Å². The number of amides is 1. The topological polar surface area (TPSA) is 49.6 Å². The van der Waals surface area contributed by atoms with E-state index >= 15 is 0 Å². The maximum absolute atomic E-state index is 12.1. The van der Waals surface area contributed by atoms with Gasteiger partial charge in [-0.15, -0.1) is 0 Å². The first kappa shape index (κ1) is 14.5. The van der Waals surface area contributed by atoms with Gasteiger partial charge in [0.1, 0.15) is 0 Å². The van der Waals surface area contributed by atoms with E-state index in [1.54, 1.807) is 0 Å². The number of nitrogens with zero attached hydrogens (tertiary/aromatic N) is 2. The second-order valence-corrected chi connectivity index (χ2v) is 4.91. The second kappa shape index (κ2) is 6.97. The Balaban J connectivity index is 2.47. The van der Waals surface area contributed by atoms with Gasteiger partial charge in [-0.05, 0) is 33.7 Å². The highest BCUT2D eigenvalue weighted by Crippen LogP contribution is 2.25. The molecule has 0 aromatic rings. The Morgan fingerprint density at radius 3 is 2.29 bits per heavy atom. The van der Waals surface area contributed by atoms with Gasteiger partial charge in [0.15, 0.2) is 0 Å². The molecule has 0 aromatic carbocycles. The molecule has 1 atom stereocenters. The van der Waals surface area contributed by atoms with E-state index in [0.717, 1.165) is 13.1 Å². The summed E-state index contributed by atoms with van der Waals surface area (Å²) in [6.45, 7) is 6.20. The third kappa shape index (κ3) is 3.68. The summed E-state index contributed by atoms with van der Waals surface area (Å²) in [4.78, 5) is 16.2. The lowest BCUT2D eigenvalue weighted by Gasteiger charge is -2.40. The third-order valence-corrected chi connectivity index (χ3v) is 4.03. The summed E-state index contributed by atoms with van der Waals surface area (Å²) in [5, 5.41) is 0. The van der Waals surface area contributed by atoms with Gasteiger partial charge in [0.2, 0.25) is 5.91 Å². The van der Waals surface area contributed by atoms with Crippen LogP contribution in [0.15, 0.2) is 0 Å². The van der Waals surface area contributed by atoms with Crippen LogP contribution in [-0.4, -0.2) is 54.5 Å². The van der Waals surface area contributed by atoms with Crippen molar-refractivity contribution >= 4 is 5.91 Å². The molecule has 0 aromatic heterocycles. The molecule has 17 heavy (non-hydrogen) atoms. The molecule has 1 amide bonds. The molecule has 1 saturated carbocycles. The number of likely N-dealkylation sites (N-methyl/N-ethyl adjacent to an activating group) is 1. The van der Waals surface area contributed by atoms with Gasteiger partial charge >= 0.3 is 0 Å². The van der Waals surface area contributed by atoms with Gasteiger partial charge in [0, 0.05) is 38.1 Å². The van der Waals surface area contributed by atoms with E-state index in [0.29, 0.717) is 19.0 Å². The van der Waals surface area contributed by atoms with Crippen molar-refractivity contribution in [3.63, 3.8) is 0 Å². The van der Waals surface area contributed by atoms with Crippen molar-refractivity contribution < 1.29 is 4.79 Å². The molecule has 0 spiro atoms. The molecule has 0 radical (unpaired) electrons. The average Bonchev–Trinajstić information content (AvgIpc) is 2.25. The molecule has 1 aliphatic carbocycles. The van der Waals surface area contributed by atoms with Crippen molar-refractivity contribution in [2.75, 3.05) is 26.7 Å². The number of carbonyl (C=O) groups is 1. The van der Waals surface area contributed by atoms with Crippen LogP contribution >= 0.6 is 0 Å². The molecule has 100 valence electrons. The first-order valence-corrected chi connectivity index (χ1v) is 6.83. The molecule has 4 nitrogen and oxygen atoms in total. The number of carbonyl (C=O) groups excluding carboxylic acids is 1. The lowest BCUT2D eigenvalue weighted by molar-refractivity contribution is -0.132. The van der Waals surface area contributed by atoms with E-state index in [9.17, 15) is 4.79 Å². The third-order valence-electron chi connectivity index (χ3n) is 4.03. The fourth-order valence-corrected chi connectivity index (χ4v) is 2.39. The summed E-state index contributed by atoms with van der Waals surface area (Å²) in [5.41, 5.74) is 5.81. The van der Waals surface area contributed by atoms with Crippen molar-refractivity contribution in [2.45, 2.75) is 51.6 Å². The number of rotatable bonds is 7. The van der Waals surface area contributed by atoms with E-state index in [4.69, 9.17) is 5.73 Å². The predicted octanol–water partition coefficient (Wildman–Crippen LogP) is 1.06. The molecule has 1 unspecified atom stereocenters. The van der Waals surface area contributed by atoms with Gasteiger partial charge in [0.05, 0.1) is 0 Å². The minimum atomic E-state index is 0.202. The van der Waals surface area contributed by atoms with Crippen LogP contribution in [0.5, 0.6) is 0 Å². The molecule has 0 aliphatic heterocycles. The lowest BCUT2D eigenvalue weighted by atomic mass is 9.90. The predicted molar refractivity (Wildman–Crippen MR) is 70.8 cm³/mol. The van der Waals surface area contributed by atoms with E-state index in [2.05, 4.69) is 11.9 Å². The van der Waals surface area contributed by atoms with Crippen LogP contribution in [0.3, 0.4) is 0 Å². The van der Waals surface area contributed by atoms with Gasteiger partial charge in [-0.2, -0.15) is 0 Å². The standard InChI is InChI=1S/C13H27N3O/c1-4-16(5-2)13(17)9-12(10-14)15(3)11-7-6-8-11/h11-12H,4-10,14H2,1-3H3. The monoisotopic (exact) mass is 241 g/mol. The van der Waals surface area contributed by atoms with Crippen molar-refractivity contribution in [3.8, 4) is 0 Å². The first-order chi connectivity index (χ1) is 8.13. The molecule has 1 fully saturated rings. The normalized spacial score (nSPS) is 17.9.